The first-order valence-corrected chi connectivity index (χ1v) is 17.1. The molecule has 0 bridgehead atoms. The summed E-state index contributed by atoms with van der Waals surface area (Å²) in [5.41, 5.74) is 6.44. The third kappa shape index (κ3) is 31.0. The Hall–Kier alpha value is -1.58. The molecule has 1 aromatic rings. The van der Waals surface area contributed by atoms with E-state index in [4.69, 9.17) is 57.8 Å². The Morgan fingerprint density at radius 3 is 1.04 bits per heavy atom. The van der Waals surface area contributed by atoms with Gasteiger partial charge < -0.3 is 57.8 Å². The van der Waals surface area contributed by atoms with Crippen LogP contribution in [0.3, 0.4) is 0 Å². The van der Waals surface area contributed by atoms with Gasteiger partial charge in [0.2, 0.25) is 0 Å². The summed E-state index contributed by atoms with van der Waals surface area (Å²) in [7, 11) is 0. The highest BCUT2D eigenvalue weighted by Crippen LogP contribution is 2.19. The molecule has 0 atom stereocenters. The number of hydrogen-bond donors (Lipinski definition) is 1. The fourth-order valence-corrected chi connectivity index (χ4v) is 3.89. The number of para-hydroxylation sites is 2. The van der Waals surface area contributed by atoms with E-state index in [1.54, 1.807) is 6.07 Å². The standard InChI is InChI=1S/C34H63NO11/c1-2-3-4-5-6-9-12-36-13-14-37-15-16-38-17-18-39-19-20-40-21-22-41-23-24-42-25-26-43-27-28-44-29-30-45-31-32-46-34-11-8-7-10-33(34)35/h7-8,10-11H,2-6,9,12-32,35H2,1H3. The summed E-state index contributed by atoms with van der Waals surface area (Å²) in [5, 5.41) is 0. The molecule has 0 saturated heterocycles. The second-order valence-electron chi connectivity index (χ2n) is 10.3. The lowest BCUT2D eigenvalue weighted by atomic mass is 10.1. The number of benzene rings is 1. The second kappa shape index (κ2) is 36.3. The van der Waals surface area contributed by atoms with Gasteiger partial charge in [0, 0.05) is 6.61 Å². The monoisotopic (exact) mass is 661 g/mol. The van der Waals surface area contributed by atoms with Crippen LogP contribution >= 0.6 is 0 Å². The summed E-state index contributed by atoms with van der Waals surface area (Å²) in [6.07, 6.45) is 7.68. The van der Waals surface area contributed by atoms with Gasteiger partial charge in [0.05, 0.1) is 131 Å². The zero-order valence-corrected chi connectivity index (χ0v) is 28.5. The Morgan fingerprint density at radius 2 is 0.674 bits per heavy atom. The summed E-state index contributed by atoms with van der Waals surface area (Å²) < 4.78 is 60.6. The van der Waals surface area contributed by atoms with Gasteiger partial charge in [-0.05, 0) is 18.6 Å². The maximum Gasteiger partial charge on any atom is 0.142 e. The molecule has 0 fully saturated rings. The molecule has 2 N–H and O–H groups in total. The first-order valence-electron chi connectivity index (χ1n) is 17.1. The Balaban J connectivity index is 1.62. The van der Waals surface area contributed by atoms with Crippen LogP contribution < -0.4 is 10.5 Å². The van der Waals surface area contributed by atoms with E-state index in [1.165, 1.54) is 32.1 Å². The van der Waals surface area contributed by atoms with Crippen LogP contribution in [-0.4, -0.2) is 139 Å². The third-order valence-corrected chi connectivity index (χ3v) is 6.39. The van der Waals surface area contributed by atoms with Crippen LogP contribution in [0.25, 0.3) is 0 Å². The van der Waals surface area contributed by atoms with E-state index < -0.39 is 0 Å². The molecule has 0 amide bonds. The molecule has 0 aliphatic rings. The van der Waals surface area contributed by atoms with Crippen LogP contribution in [0.5, 0.6) is 5.75 Å². The van der Waals surface area contributed by atoms with Gasteiger partial charge in [-0.2, -0.15) is 0 Å². The fourth-order valence-electron chi connectivity index (χ4n) is 3.89. The molecule has 1 aromatic carbocycles. The van der Waals surface area contributed by atoms with E-state index in [1.807, 2.05) is 18.2 Å². The molecule has 0 aliphatic carbocycles. The van der Waals surface area contributed by atoms with Gasteiger partial charge in [0.25, 0.3) is 0 Å². The van der Waals surface area contributed by atoms with Crippen molar-refractivity contribution >= 4 is 5.69 Å². The van der Waals surface area contributed by atoms with E-state index in [0.717, 1.165) is 13.0 Å². The summed E-state index contributed by atoms with van der Waals surface area (Å²) in [6, 6.07) is 7.39. The Morgan fingerprint density at radius 1 is 0.370 bits per heavy atom. The molecule has 270 valence electrons. The minimum Gasteiger partial charge on any atom is -0.489 e. The molecule has 0 heterocycles. The van der Waals surface area contributed by atoms with E-state index in [0.29, 0.717) is 144 Å². The van der Waals surface area contributed by atoms with Gasteiger partial charge in [0.15, 0.2) is 0 Å². The topological polar surface area (TPSA) is 128 Å². The lowest BCUT2D eigenvalue weighted by Crippen LogP contribution is -2.15. The molecule has 0 aliphatic heterocycles. The van der Waals surface area contributed by atoms with Crippen molar-refractivity contribution in [2.75, 3.05) is 144 Å². The largest absolute Gasteiger partial charge is 0.489 e. The minimum atomic E-state index is 0.441. The lowest BCUT2D eigenvalue weighted by Gasteiger charge is -2.09. The van der Waals surface area contributed by atoms with Crippen LogP contribution in [0.4, 0.5) is 5.69 Å². The Labute approximate surface area is 277 Å². The highest BCUT2D eigenvalue weighted by molar-refractivity contribution is 5.51. The molecule has 0 saturated carbocycles. The summed E-state index contributed by atoms with van der Waals surface area (Å²) in [6.45, 7) is 13.6. The van der Waals surface area contributed by atoms with Gasteiger partial charge in [-0.1, -0.05) is 51.2 Å². The van der Waals surface area contributed by atoms with Crippen molar-refractivity contribution < 1.29 is 52.1 Å². The van der Waals surface area contributed by atoms with E-state index >= 15 is 0 Å². The predicted octanol–water partition coefficient (Wildman–Crippen LogP) is 4.17. The smallest absolute Gasteiger partial charge is 0.142 e. The van der Waals surface area contributed by atoms with Gasteiger partial charge >= 0.3 is 0 Å². The summed E-state index contributed by atoms with van der Waals surface area (Å²) in [5.74, 6) is 0.671. The number of ether oxygens (including phenoxy) is 11. The van der Waals surface area contributed by atoms with Gasteiger partial charge in [-0.15, -0.1) is 0 Å². The maximum atomic E-state index is 5.82. The number of anilines is 1. The van der Waals surface area contributed by atoms with Crippen molar-refractivity contribution in [1.29, 1.82) is 0 Å². The van der Waals surface area contributed by atoms with Crippen molar-refractivity contribution in [3.8, 4) is 5.75 Å². The van der Waals surface area contributed by atoms with Crippen molar-refractivity contribution in [2.45, 2.75) is 45.4 Å². The maximum absolute atomic E-state index is 5.82. The highest BCUT2D eigenvalue weighted by Gasteiger charge is 1.99. The predicted molar refractivity (Wildman–Crippen MR) is 178 cm³/mol. The molecular weight excluding hydrogens is 598 g/mol. The number of nitrogen functional groups attached to an aromatic ring is 1. The van der Waals surface area contributed by atoms with Crippen LogP contribution in [-0.2, 0) is 47.4 Å². The van der Waals surface area contributed by atoms with Crippen molar-refractivity contribution in [1.82, 2.24) is 0 Å². The van der Waals surface area contributed by atoms with E-state index in [2.05, 4.69) is 6.92 Å². The summed E-state index contributed by atoms with van der Waals surface area (Å²) >= 11 is 0. The number of unbranched alkanes of at least 4 members (excludes halogenated alkanes) is 5. The van der Waals surface area contributed by atoms with Crippen LogP contribution in [0.2, 0.25) is 0 Å². The first-order chi connectivity index (χ1) is 22.8. The summed E-state index contributed by atoms with van der Waals surface area (Å²) in [4.78, 5) is 0. The van der Waals surface area contributed by atoms with Gasteiger partial charge in [-0.3, -0.25) is 0 Å². The van der Waals surface area contributed by atoms with Crippen LogP contribution in [0, 0.1) is 0 Å². The normalized spacial score (nSPS) is 11.4. The average Bonchev–Trinajstić information content (AvgIpc) is 3.07. The van der Waals surface area contributed by atoms with Crippen molar-refractivity contribution in [3.63, 3.8) is 0 Å². The zero-order valence-electron chi connectivity index (χ0n) is 28.5. The molecule has 12 nitrogen and oxygen atoms in total. The van der Waals surface area contributed by atoms with Gasteiger partial charge in [0.1, 0.15) is 12.4 Å². The van der Waals surface area contributed by atoms with E-state index in [9.17, 15) is 0 Å². The fraction of sp³-hybridized carbons (Fsp3) is 0.824. The molecule has 46 heavy (non-hydrogen) atoms. The average molecular weight is 662 g/mol. The quantitative estimate of drug-likeness (QED) is 0.0807. The van der Waals surface area contributed by atoms with Crippen LogP contribution in [0.15, 0.2) is 24.3 Å². The third-order valence-electron chi connectivity index (χ3n) is 6.39. The zero-order chi connectivity index (χ0) is 32.9. The lowest BCUT2D eigenvalue weighted by molar-refractivity contribution is -0.0267. The molecule has 0 spiro atoms. The molecular formula is C34H63NO11. The molecule has 0 unspecified atom stereocenters. The van der Waals surface area contributed by atoms with Gasteiger partial charge in [-0.25, -0.2) is 0 Å². The Bertz CT molecular complexity index is 732. The molecule has 0 aromatic heterocycles. The minimum absolute atomic E-state index is 0.441. The molecule has 0 radical (unpaired) electrons. The van der Waals surface area contributed by atoms with Crippen LogP contribution in [0.1, 0.15) is 45.4 Å². The second-order valence-corrected chi connectivity index (χ2v) is 10.3. The van der Waals surface area contributed by atoms with Crippen molar-refractivity contribution in [2.24, 2.45) is 0 Å². The number of rotatable bonds is 38. The Kier molecular flexibility index (Phi) is 33.5. The molecule has 12 heteroatoms. The highest BCUT2D eigenvalue weighted by atomic mass is 16.6. The SMILES string of the molecule is CCCCCCCCOCCOCCOCCOCCOCCOCCOCCOCCOCCOCCOc1ccccc1N. The number of hydrogen-bond acceptors (Lipinski definition) is 12. The number of nitrogens with two attached hydrogens (primary N) is 1. The van der Waals surface area contributed by atoms with E-state index in [-0.39, 0.29) is 0 Å². The molecule has 1 rings (SSSR count). The van der Waals surface area contributed by atoms with Crippen molar-refractivity contribution in [3.05, 3.63) is 24.3 Å². The first kappa shape index (κ1) is 42.4.